The summed E-state index contributed by atoms with van der Waals surface area (Å²) in [4.78, 5) is 20.6. The first-order chi connectivity index (χ1) is 17.2. The molecule has 11 nitrogen and oxygen atoms in total. The fourth-order valence-corrected chi connectivity index (χ4v) is 5.23. The lowest BCUT2D eigenvalue weighted by atomic mass is 9.96. The number of nitrogens with zero attached hydrogens (tertiary/aromatic N) is 4. The van der Waals surface area contributed by atoms with E-state index in [1.807, 2.05) is 5.43 Å². The first-order valence-corrected chi connectivity index (χ1v) is 12.8. The zero-order chi connectivity index (χ0) is 27.4. The van der Waals surface area contributed by atoms with Crippen molar-refractivity contribution in [3.8, 4) is 0 Å². The molecule has 1 amide bonds. The van der Waals surface area contributed by atoms with Gasteiger partial charge in [-0.25, -0.2) is 23.8 Å². The quantitative estimate of drug-likeness (QED) is 0.284. The number of hydrogen-bond acceptors (Lipinski definition) is 9. The number of sulfonamides is 1. The molecule has 0 aliphatic carbocycles. The Morgan fingerprint density at radius 1 is 1.14 bits per heavy atom. The summed E-state index contributed by atoms with van der Waals surface area (Å²) in [5.74, 6) is -3.73. The van der Waals surface area contributed by atoms with E-state index in [4.69, 9.17) is 4.74 Å². The highest BCUT2D eigenvalue weighted by Gasteiger charge is 2.51. The third-order valence-corrected chi connectivity index (χ3v) is 7.64. The Bertz CT molecular complexity index is 1020. The van der Waals surface area contributed by atoms with E-state index in [1.54, 1.807) is 11.8 Å². The van der Waals surface area contributed by atoms with Gasteiger partial charge in [0.15, 0.2) is 5.92 Å². The molecule has 0 aromatic carbocycles. The molecule has 18 heteroatoms. The van der Waals surface area contributed by atoms with E-state index in [-0.39, 0.29) is 57.6 Å². The molecule has 210 valence electrons. The Kier molecular flexibility index (Phi) is 9.20. The van der Waals surface area contributed by atoms with Crippen LogP contribution in [0.2, 0.25) is 0 Å². The fourth-order valence-electron chi connectivity index (χ4n) is 3.92. The van der Waals surface area contributed by atoms with Crippen LogP contribution in [-0.2, 0) is 25.7 Å². The molecule has 3 rings (SSSR count). The molecule has 1 aromatic heterocycles. The van der Waals surface area contributed by atoms with E-state index in [0.29, 0.717) is 12.4 Å². The number of carbonyl (C=O) groups excluding carboxylic acids is 1. The van der Waals surface area contributed by atoms with Crippen molar-refractivity contribution in [2.45, 2.75) is 31.4 Å². The minimum Gasteiger partial charge on any atom is -0.379 e. The fraction of sp³-hybridized carbons (Fsp3) is 0.737. The van der Waals surface area contributed by atoms with Crippen LogP contribution in [0.1, 0.15) is 12.5 Å². The lowest BCUT2D eigenvalue weighted by Gasteiger charge is -2.35. The maximum Gasteiger partial charge on any atom is 0.419 e. The highest BCUT2D eigenvalue weighted by Crippen LogP contribution is 2.30. The molecular weight excluding hydrogens is 536 g/mol. The van der Waals surface area contributed by atoms with Gasteiger partial charge >= 0.3 is 12.4 Å². The molecule has 2 saturated heterocycles. The molecule has 3 atom stereocenters. The Hall–Kier alpha value is -2.28. The standard InChI is InChI=1S/C19H27F6N7O4S/c1-12(29-14-10-28-30-16(33)15(14)19(23,24)25)11-36-6-7-37(34,35)32-4-2-31(3-5-32)17-26-8-13(9-27-17)18(20,21)22/h8-9,12,14-15,28-29H,2-7,10-11H2,1H3,(H,30,33)/t12-,14?,15?/m0/s1. The van der Waals surface area contributed by atoms with E-state index >= 15 is 0 Å². The number of hydrogen-bond donors (Lipinski definition) is 3. The number of rotatable bonds is 9. The normalized spacial score (nSPS) is 23.1. The van der Waals surface area contributed by atoms with Crippen molar-refractivity contribution in [3.05, 3.63) is 18.0 Å². The summed E-state index contributed by atoms with van der Waals surface area (Å²) in [6, 6.07) is -1.82. The zero-order valence-electron chi connectivity index (χ0n) is 19.6. The van der Waals surface area contributed by atoms with Crippen LogP contribution in [0.15, 0.2) is 12.4 Å². The second kappa shape index (κ2) is 11.6. The number of hydrazine groups is 1. The first kappa shape index (κ1) is 29.3. The third-order valence-electron chi connectivity index (χ3n) is 5.80. The smallest absolute Gasteiger partial charge is 0.379 e. The van der Waals surface area contributed by atoms with Crippen LogP contribution < -0.4 is 21.1 Å². The maximum atomic E-state index is 13.2. The molecule has 0 spiro atoms. The highest BCUT2D eigenvalue weighted by molar-refractivity contribution is 7.89. The van der Waals surface area contributed by atoms with E-state index in [9.17, 15) is 39.6 Å². The van der Waals surface area contributed by atoms with Gasteiger partial charge < -0.3 is 15.0 Å². The van der Waals surface area contributed by atoms with Crippen LogP contribution in [0.25, 0.3) is 0 Å². The van der Waals surface area contributed by atoms with Crippen molar-refractivity contribution in [2.24, 2.45) is 5.92 Å². The molecule has 0 saturated carbocycles. The number of aromatic nitrogens is 2. The van der Waals surface area contributed by atoms with Crippen LogP contribution in [-0.4, -0.2) is 98.5 Å². The molecule has 2 aliphatic heterocycles. The van der Waals surface area contributed by atoms with Crippen molar-refractivity contribution < 1.29 is 44.3 Å². The van der Waals surface area contributed by atoms with Gasteiger partial charge in [0.1, 0.15) is 0 Å². The average Bonchev–Trinajstić information content (AvgIpc) is 2.81. The second-order valence-corrected chi connectivity index (χ2v) is 10.7. The van der Waals surface area contributed by atoms with Crippen LogP contribution in [0.5, 0.6) is 0 Å². The molecule has 2 aliphatic rings. The monoisotopic (exact) mass is 563 g/mol. The van der Waals surface area contributed by atoms with Crippen LogP contribution in [0.3, 0.4) is 0 Å². The molecule has 0 radical (unpaired) electrons. The predicted octanol–water partition coefficient (Wildman–Crippen LogP) is 0.123. The summed E-state index contributed by atoms with van der Waals surface area (Å²) in [6.07, 6.45) is -7.96. The van der Waals surface area contributed by atoms with Gasteiger partial charge in [-0.3, -0.25) is 10.2 Å². The molecule has 1 aromatic rings. The molecule has 0 bridgehead atoms. The Morgan fingerprint density at radius 3 is 2.32 bits per heavy atom. The summed E-state index contributed by atoms with van der Waals surface area (Å²) >= 11 is 0. The molecule has 2 fully saturated rings. The van der Waals surface area contributed by atoms with Crippen molar-refractivity contribution >= 4 is 21.9 Å². The van der Waals surface area contributed by atoms with Crippen LogP contribution in [0.4, 0.5) is 32.3 Å². The molecule has 2 unspecified atom stereocenters. The lowest BCUT2D eigenvalue weighted by molar-refractivity contribution is -0.193. The number of ether oxygens (including phenoxy) is 1. The van der Waals surface area contributed by atoms with Gasteiger partial charge in [0, 0.05) is 57.2 Å². The van der Waals surface area contributed by atoms with Gasteiger partial charge in [-0.2, -0.15) is 30.6 Å². The summed E-state index contributed by atoms with van der Waals surface area (Å²) < 4.78 is 109. The van der Waals surface area contributed by atoms with Gasteiger partial charge in [-0.05, 0) is 6.92 Å². The maximum absolute atomic E-state index is 13.2. The molecule has 3 heterocycles. The number of piperazine rings is 1. The lowest BCUT2D eigenvalue weighted by Crippen LogP contribution is -2.65. The number of amides is 1. The minimum absolute atomic E-state index is 0.0632. The van der Waals surface area contributed by atoms with Gasteiger partial charge in [0.2, 0.25) is 21.9 Å². The summed E-state index contributed by atoms with van der Waals surface area (Å²) in [5.41, 5.74) is 3.37. The van der Waals surface area contributed by atoms with Crippen molar-refractivity contribution in [2.75, 3.05) is 56.6 Å². The van der Waals surface area contributed by atoms with Crippen molar-refractivity contribution in [3.63, 3.8) is 0 Å². The summed E-state index contributed by atoms with van der Waals surface area (Å²) in [7, 11) is -3.72. The second-order valence-electron chi connectivity index (χ2n) is 8.61. The number of anilines is 1. The molecule has 3 N–H and O–H groups in total. The topological polar surface area (TPSA) is 129 Å². The number of carbonyl (C=O) groups is 1. The van der Waals surface area contributed by atoms with Crippen LogP contribution in [0, 0.1) is 5.92 Å². The first-order valence-electron chi connectivity index (χ1n) is 11.2. The van der Waals surface area contributed by atoms with Gasteiger partial charge in [0.25, 0.3) is 0 Å². The Labute approximate surface area is 209 Å². The number of alkyl halides is 6. The Balaban J connectivity index is 1.41. The Morgan fingerprint density at radius 2 is 1.76 bits per heavy atom. The van der Waals surface area contributed by atoms with Crippen LogP contribution >= 0.6 is 0 Å². The average molecular weight is 564 g/mol. The highest BCUT2D eigenvalue weighted by atomic mass is 32.2. The largest absolute Gasteiger partial charge is 0.419 e. The summed E-state index contributed by atoms with van der Waals surface area (Å²) in [5, 5.41) is 2.69. The van der Waals surface area contributed by atoms with Gasteiger partial charge in [-0.15, -0.1) is 0 Å². The van der Waals surface area contributed by atoms with E-state index in [1.165, 1.54) is 4.31 Å². The third kappa shape index (κ3) is 7.86. The zero-order valence-corrected chi connectivity index (χ0v) is 20.5. The van der Waals surface area contributed by atoms with Gasteiger partial charge in [-0.1, -0.05) is 0 Å². The number of nitrogens with one attached hydrogen (secondary N) is 3. The van der Waals surface area contributed by atoms with E-state index in [2.05, 4.69) is 20.7 Å². The molecular formula is C19H27F6N7O4S. The minimum atomic E-state index is -4.73. The molecule has 37 heavy (non-hydrogen) atoms. The van der Waals surface area contributed by atoms with Crippen molar-refractivity contribution in [1.29, 1.82) is 0 Å². The van der Waals surface area contributed by atoms with Crippen molar-refractivity contribution in [1.82, 2.24) is 30.4 Å². The summed E-state index contributed by atoms with van der Waals surface area (Å²) in [6.45, 7) is 1.60. The van der Waals surface area contributed by atoms with E-state index in [0.717, 1.165) is 0 Å². The van der Waals surface area contributed by atoms with Gasteiger partial charge in [0.05, 0.1) is 24.5 Å². The SMILES string of the molecule is C[C@@H](COCCS(=O)(=O)N1CCN(c2ncc(C(F)(F)F)cn2)CC1)NC1CNNC(=O)C1C(F)(F)F. The predicted molar refractivity (Wildman–Crippen MR) is 118 cm³/mol. The number of halogens is 6. The van der Waals surface area contributed by atoms with E-state index < -0.39 is 51.8 Å².